The SMILES string of the molecule is COc1ccc(OC)c(C2C(C(=O)c3cc4ccccc4o3)=C([O-])C(=O)N2CC[NH+]2CCOCC2)c1. The van der Waals surface area contributed by atoms with Crippen molar-refractivity contribution in [3.63, 3.8) is 0 Å². The largest absolute Gasteiger partial charge is 0.868 e. The molecule has 2 aromatic carbocycles. The number of ether oxygens (including phenoxy) is 3. The number of nitrogens with one attached hydrogen (secondary N) is 1. The van der Waals surface area contributed by atoms with E-state index >= 15 is 0 Å². The van der Waals surface area contributed by atoms with Gasteiger partial charge in [-0.05, 0) is 36.1 Å². The number of ketones is 1. The Morgan fingerprint density at radius 2 is 1.89 bits per heavy atom. The highest BCUT2D eigenvalue weighted by Crippen LogP contribution is 2.43. The van der Waals surface area contributed by atoms with E-state index in [2.05, 4.69) is 0 Å². The number of amides is 1. The summed E-state index contributed by atoms with van der Waals surface area (Å²) in [4.78, 5) is 29.8. The molecule has 9 nitrogen and oxygen atoms in total. The van der Waals surface area contributed by atoms with Gasteiger partial charge in [-0.1, -0.05) is 18.2 Å². The third-order valence-corrected chi connectivity index (χ3v) is 6.82. The van der Waals surface area contributed by atoms with Gasteiger partial charge in [-0.2, -0.15) is 0 Å². The van der Waals surface area contributed by atoms with Crippen molar-refractivity contribution in [3.05, 3.63) is 71.2 Å². The number of quaternary nitrogens is 1. The number of carbonyl (C=O) groups excluding carboxylic acids is 2. The predicted octanol–water partition coefficient (Wildman–Crippen LogP) is 0.746. The van der Waals surface area contributed by atoms with Crippen LogP contribution in [0.5, 0.6) is 11.5 Å². The summed E-state index contributed by atoms with van der Waals surface area (Å²) < 4.78 is 22.2. The average molecular weight is 493 g/mol. The van der Waals surface area contributed by atoms with Crippen molar-refractivity contribution < 1.29 is 38.2 Å². The third kappa shape index (κ3) is 4.31. The number of Topliss-reactive ketones (excluding diaryl/α,β-unsaturated/α-hetero) is 1. The molecule has 3 aromatic rings. The van der Waals surface area contributed by atoms with E-state index in [9.17, 15) is 14.7 Å². The number of carbonyl (C=O) groups is 2. The van der Waals surface area contributed by atoms with Crippen molar-refractivity contribution in [2.45, 2.75) is 6.04 Å². The number of furan rings is 1. The van der Waals surface area contributed by atoms with Crippen LogP contribution in [0.15, 0.2) is 64.3 Å². The Kier molecular flexibility index (Phi) is 6.67. The molecule has 1 unspecified atom stereocenters. The van der Waals surface area contributed by atoms with Gasteiger partial charge in [0.15, 0.2) is 5.76 Å². The number of rotatable bonds is 8. The molecule has 1 fully saturated rings. The van der Waals surface area contributed by atoms with E-state index in [0.717, 1.165) is 18.5 Å². The van der Waals surface area contributed by atoms with Gasteiger partial charge in [0.2, 0.25) is 11.7 Å². The second kappa shape index (κ2) is 10.0. The number of hydrogen-bond acceptors (Lipinski definition) is 7. The zero-order chi connectivity index (χ0) is 25.2. The summed E-state index contributed by atoms with van der Waals surface area (Å²) in [6.07, 6.45) is 0. The van der Waals surface area contributed by atoms with Crippen molar-refractivity contribution in [2.24, 2.45) is 0 Å². The van der Waals surface area contributed by atoms with E-state index in [1.807, 2.05) is 12.1 Å². The lowest BCUT2D eigenvalue weighted by molar-refractivity contribution is -0.907. The molecule has 1 N–H and O–H groups in total. The fourth-order valence-corrected chi connectivity index (χ4v) is 4.89. The van der Waals surface area contributed by atoms with Crippen LogP contribution in [0.4, 0.5) is 0 Å². The Hall–Kier alpha value is -3.82. The average Bonchev–Trinajstić information content (AvgIpc) is 3.46. The van der Waals surface area contributed by atoms with E-state index < -0.39 is 23.5 Å². The van der Waals surface area contributed by atoms with Crippen LogP contribution in [0.3, 0.4) is 0 Å². The van der Waals surface area contributed by atoms with Crippen molar-refractivity contribution in [3.8, 4) is 11.5 Å². The first-order chi connectivity index (χ1) is 17.5. The highest BCUT2D eigenvalue weighted by molar-refractivity contribution is 6.15. The van der Waals surface area contributed by atoms with Gasteiger partial charge in [0, 0.05) is 16.5 Å². The fraction of sp³-hybridized carbons (Fsp3) is 0.333. The van der Waals surface area contributed by atoms with Crippen LogP contribution >= 0.6 is 0 Å². The minimum atomic E-state index is -0.934. The summed E-state index contributed by atoms with van der Waals surface area (Å²) in [5.41, 5.74) is 0.886. The zero-order valence-corrected chi connectivity index (χ0v) is 20.2. The molecule has 2 aliphatic heterocycles. The normalized spacial score (nSPS) is 18.8. The monoisotopic (exact) mass is 492 g/mol. The molecule has 36 heavy (non-hydrogen) atoms. The second-order valence-electron chi connectivity index (χ2n) is 8.84. The van der Waals surface area contributed by atoms with E-state index in [0.29, 0.717) is 48.9 Å². The van der Waals surface area contributed by atoms with E-state index in [-0.39, 0.29) is 11.3 Å². The van der Waals surface area contributed by atoms with Gasteiger partial charge < -0.3 is 33.5 Å². The number of nitrogens with zero attached hydrogens (tertiary/aromatic N) is 1. The number of benzene rings is 2. The highest BCUT2D eigenvalue weighted by Gasteiger charge is 2.42. The molecule has 1 atom stereocenters. The summed E-state index contributed by atoms with van der Waals surface area (Å²) in [5, 5.41) is 14.1. The Bertz CT molecular complexity index is 1290. The quantitative estimate of drug-likeness (QED) is 0.463. The van der Waals surface area contributed by atoms with Gasteiger partial charge in [0.25, 0.3) is 0 Å². The van der Waals surface area contributed by atoms with Gasteiger partial charge in [0.1, 0.15) is 30.2 Å². The van der Waals surface area contributed by atoms with Crippen LogP contribution in [-0.2, 0) is 9.53 Å². The summed E-state index contributed by atoms with van der Waals surface area (Å²) in [6, 6.07) is 13.0. The maximum atomic E-state index is 13.7. The first kappa shape index (κ1) is 23.9. The molecule has 1 amide bonds. The molecule has 1 aromatic heterocycles. The van der Waals surface area contributed by atoms with Gasteiger partial charge in [-0.3, -0.25) is 9.59 Å². The first-order valence-corrected chi connectivity index (χ1v) is 11.9. The summed E-state index contributed by atoms with van der Waals surface area (Å²) >= 11 is 0. The fourth-order valence-electron chi connectivity index (χ4n) is 4.89. The molecule has 3 heterocycles. The van der Waals surface area contributed by atoms with Crippen molar-refractivity contribution in [1.82, 2.24) is 4.90 Å². The molecule has 0 radical (unpaired) electrons. The molecular weight excluding hydrogens is 464 g/mol. The molecule has 9 heteroatoms. The summed E-state index contributed by atoms with van der Waals surface area (Å²) in [5.74, 6) is -1.17. The maximum Gasteiger partial charge on any atom is 0.240 e. The van der Waals surface area contributed by atoms with Crippen molar-refractivity contribution in [1.29, 1.82) is 0 Å². The van der Waals surface area contributed by atoms with Crippen LogP contribution in [-0.4, -0.2) is 70.2 Å². The summed E-state index contributed by atoms with van der Waals surface area (Å²) in [7, 11) is 3.03. The standard InChI is InChI=1S/C27H28N2O7/c1-33-18-7-8-21(34-2)19(16-18)24-23(25(30)22-15-17-5-3-4-6-20(17)36-22)26(31)27(32)29(24)10-9-28-11-13-35-14-12-28/h3-8,15-16,24,31H,9-14H2,1-2H3. The van der Waals surface area contributed by atoms with Crippen molar-refractivity contribution >= 4 is 22.7 Å². The van der Waals surface area contributed by atoms with Gasteiger partial charge in [-0.15, -0.1) is 0 Å². The Morgan fingerprint density at radius 3 is 2.61 bits per heavy atom. The van der Waals surface area contributed by atoms with Crippen molar-refractivity contribution in [2.75, 3.05) is 53.6 Å². The first-order valence-electron chi connectivity index (χ1n) is 11.9. The Morgan fingerprint density at radius 1 is 1.11 bits per heavy atom. The lowest BCUT2D eigenvalue weighted by Gasteiger charge is -2.31. The number of morpholine rings is 1. The Labute approximate surface area is 208 Å². The van der Waals surface area contributed by atoms with Gasteiger partial charge in [-0.25, -0.2) is 0 Å². The molecule has 1 saturated heterocycles. The zero-order valence-electron chi connectivity index (χ0n) is 20.2. The van der Waals surface area contributed by atoms with Gasteiger partial charge in [0.05, 0.1) is 46.6 Å². The molecule has 5 rings (SSSR count). The molecule has 0 spiro atoms. The molecule has 0 aliphatic carbocycles. The minimum Gasteiger partial charge on any atom is -0.868 e. The molecule has 2 aliphatic rings. The lowest BCUT2D eigenvalue weighted by Crippen LogP contribution is -3.14. The van der Waals surface area contributed by atoms with E-state index in [1.165, 1.54) is 24.0 Å². The van der Waals surface area contributed by atoms with Crippen LogP contribution < -0.4 is 19.5 Å². The number of methoxy groups -OCH3 is 2. The molecule has 0 saturated carbocycles. The Balaban J connectivity index is 1.57. The van der Waals surface area contributed by atoms with E-state index in [1.54, 1.807) is 36.4 Å². The minimum absolute atomic E-state index is 0.0138. The van der Waals surface area contributed by atoms with Crippen LogP contribution in [0, 0.1) is 0 Å². The predicted molar refractivity (Wildman–Crippen MR) is 128 cm³/mol. The topological polar surface area (TPSA) is 106 Å². The number of para-hydroxylation sites is 1. The molecule has 188 valence electrons. The third-order valence-electron chi connectivity index (χ3n) is 6.82. The lowest BCUT2D eigenvalue weighted by atomic mass is 9.94. The number of hydrogen-bond donors (Lipinski definition) is 1. The van der Waals surface area contributed by atoms with Crippen LogP contribution in [0.25, 0.3) is 11.0 Å². The summed E-state index contributed by atoms with van der Waals surface area (Å²) in [6.45, 7) is 3.85. The number of fused-ring (bicyclic) bond motifs is 1. The molecule has 0 bridgehead atoms. The molecular formula is C27H28N2O7. The maximum absolute atomic E-state index is 13.7. The van der Waals surface area contributed by atoms with Gasteiger partial charge >= 0.3 is 0 Å². The highest BCUT2D eigenvalue weighted by atomic mass is 16.5. The second-order valence-corrected chi connectivity index (χ2v) is 8.84. The van der Waals surface area contributed by atoms with Crippen LogP contribution in [0.2, 0.25) is 0 Å². The van der Waals surface area contributed by atoms with Crippen LogP contribution in [0.1, 0.15) is 22.2 Å². The van der Waals surface area contributed by atoms with E-state index in [4.69, 9.17) is 18.6 Å². The smallest absolute Gasteiger partial charge is 0.240 e.